The number of nitrogens with one attached hydrogen (secondary N) is 1. The molecule has 0 atom stereocenters. The predicted molar refractivity (Wildman–Crippen MR) is 99.9 cm³/mol. The van der Waals surface area contributed by atoms with Crippen LogP contribution in [0.1, 0.15) is 12.5 Å². The molecule has 0 spiro atoms. The zero-order valence-electron chi connectivity index (χ0n) is 13.0. The van der Waals surface area contributed by atoms with Crippen molar-refractivity contribution < 1.29 is 9.53 Å². The number of hydrogen-bond donors (Lipinski definition) is 1. The minimum atomic E-state index is -0.228. The molecule has 0 aliphatic heterocycles. The van der Waals surface area contributed by atoms with E-state index in [1.54, 1.807) is 12.1 Å². The van der Waals surface area contributed by atoms with Crippen LogP contribution < -0.4 is 10.1 Å². The molecule has 0 radical (unpaired) electrons. The van der Waals surface area contributed by atoms with Crippen LogP contribution in [0.5, 0.6) is 5.75 Å². The Kier molecular flexibility index (Phi) is 5.13. The van der Waals surface area contributed by atoms with Crippen LogP contribution in [0, 0.1) is 0 Å². The molecule has 0 aliphatic carbocycles. The summed E-state index contributed by atoms with van der Waals surface area (Å²) in [5.41, 5.74) is 1.74. The average Bonchev–Trinajstić information content (AvgIpc) is 2.95. The predicted octanol–water partition coefficient (Wildman–Crippen LogP) is 5.00. The molecule has 3 aromatic rings. The quantitative estimate of drug-likeness (QED) is 0.653. The molecule has 24 heavy (non-hydrogen) atoms. The van der Waals surface area contributed by atoms with Crippen molar-refractivity contribution in [2.45, 2.75) is 6.92 Å². The Balaban J connectivity index is 1.65. The van der Waals surface area contributed by atoms with Gasteiger partial charge in [-0.15, -0.1) is 0 Å². The SMILES string of the molecule is CCOc1ccc(/C=C/C(=O)Nc2nc3ccc(Cl)cc3s2)cc1. The maximum absolute atomic E-state index is 12.0. The first-order valence-electron chi connectivity index (χ1n) is 7.42. The van der Waals surface area contributed by atoms with Gasteiger partial charge in [0.25, 0.3) is 0 Å². The van der Waals surface area contributed by atoms with Gasteiger partial charge in [0.05, 0.1) is 16.8 Å². The van der Waals surface area contributed by atoms with Crippen LogP contribution in [-0.2, 0) is 4.79 Å². The number of anilines is 1. The largest absolute Gasteiger partial charge is 0.494 e. The fourth-order valence-electron chi connectivity index (χ4n) is 2.11. The van der Waals surface area contributed by atoms with Crippen molar-refractivity contribution in [3.05, 3.63) is 59.1 Å². The number of thiazole rings is 1. The highest BCUT2D eigenvalue weighted by atomic mass is 35.5. The van der Waals surface area contributed by atoms with Crippen LogP contribution in [0.4, 0.5) is 5.13 Å². The standard InChI is InChI=1S/C18H15ClN2O2S/c1-2-23-14-7-3-12(4-8-14)5-10-17(22)21-18-20-15-9-6-13(19)11-16(15)24-18/h3-11H,2H2,1H3,(H,20,21,22)/b10-5+. The van der Waals surface area contributed by atoms with E-state index in [1.807, 2.05) is 43.3 Å². The summed E-state index contributed by atoms with van der Waals surface area (Å²) >= 11 is 7.34. The monoisotopic (exact) mass is 358 g/mol. The number of ether oxygens (including phenoxy) is 1. The van der Waals surface area contributed by atoms with Crippen LogP contribution in [0.25, 0.3) is 16.3 Å². The van der Waals surface area contributed by atoms with Gasteiger partial charge in [-0.1, -0.05) is 35.1 Å². The molecule has 0 saturated carbocycles. The van der Waals surface area contributed by atoms with Crippen LogP contribution in [0.15, 0.2) is 48.5 Å². The summed E-state index contributed by atoms with van der Waals surface area (Å²) in [4.78, 5) is 16.4. The van der Waals surface area contributed by atoms with Crippen LogP contribution >= 0.6 is 22.9 Å². The van der Waals surface area contributed by atoms with Gasteiger partial charge in [0, 0.05) is 11.1 Å². The molecule has 1 heterocycles. The number of hydrogen-bond acceptors (Lipinski definition) is 4. The summed E-state index contributed by atoms with van der Waals surface area (Å²) in [6.07, 6.45) is 3.23. The number of carbonyl (C=O) groups excluding carboxylic acids is 1. The van der Waals surface area contributed by atoms with Crippen LogP contribution in [0.3, 0.4) is 0 Å². The third-order valence-corrected chi connectivity index (χ3v) is 4.37. The van der Waals surface area contributed by atoms with Gasteiger partial charge < -0.3 is 4.74 Å². The second-order valence-corrected chi connectivity index (χ2v) is 6.42. The number of carbonyl (C=O) groups is 1. The van der Waals surface area contributed by atoms with Gasteiger partial charge >= 0.3 is 0 Å². The van der Waals surface area contributed by atoms with E-state index in [9.17, 15) is 4.79 Å². The Morgan fingerprint density at radius 3 is 2.83 bits per heavy atom. The summed E-state index contributed by atoms with van der Waals surface area (Å²) in [5.74, 6) is 0.585. The molecule has 1 N–H and O–H groups in total. The smallest absolute Gasteiger partial charge is 0.250 e. The van der Waals surface area contributed by atoms with Gasteiger partial charge in [0.2, 0.25) is 5.91 Å². The maximum atomic E-state index is 12.0. The summed E-state index contributed by atoms with van der Waals surface area (Å²) in [6.45, 7) is 2.57. The van der Waals surface area contributed by atoms with Gasteiger partial charge in [-0.05, 0) is 48.9 Å². The maximum Gasteiger partial charge on any atom is 0.250 e. The van der Waals surface area contributed by atoms with E-state index in [2.05, 4.69) is 10.3 Å². The zero-order chi connectivity index (χ0) is 16.9. The third-order valence-electron chi connectivity index (χ3n) is 3.20. The molecule has 0 fully saturated rings. The molecule has 2 aromatic carbocycles. The topological polar surface area (TPSA) is 51.2 Å². The van der Waals surface area contributed by atoms with Gasteiger partial charge in [0.1, 0.15) is 5.75 Å². The Morgan fingerprint density at radius 1 is 1.29 bits per heavy atom. The lowest BCUT2D eigenvalue weighted by Gasteiger charge is -2.02. The van der Waals surface area contributed by atoms with Gasteiger partial charge in [-0.25, -0.2) is 4.98 Å². The summed E-state index contributed by atoms with van der Waals surface area (Å²) in [5, 5.41) is 3.97. The summed E-state index contributed by atoms with van der Waals surface area (Å²) in [7, 11) is 0. The van der Waals surface area contributed by atoms with Crippen molar-refractivity contribution in [2.75, 3.05) is 11.9 Å². The van der Waals surface area contributed by atoms with Crippen molar-refractivity contribution in [3.63, 3.8) is 0 Å². The van der Waals surface area contributed by atoms with E-state index in [-0.39, 0.29) is 5.91 Å². The highest BCUT2D eigenvalue weighted by Gasteiger charge is 2.06. The number of aromatic nitrogens is 1. The van der Waals surface area contributed by atoms with Crippen molar-refractivity contribution in [2.24, 2.45) is 0 Å². The van der Waals surface area contributed by atoms with Crippen molar-refractivity contribution in [1.82, 2.24) is 4.98 Å². The minimum Gasteiger partial charge on any atom is -0.494 e. The molecule has 1 amide bonds. The van der Waals surface area contributed by atoms with Gasteiger partial charge in [-0.2, -0.15) is 0 Å². The Morgan fingerprint density at radius 2 is 2.08 bits per heavy atom. The highest BCUT2D eigenvalue weighted by molar-refractivity contribution is 7.22. The average molecular weight is 359 g/mol. The Labute approximate surface area is 148 Å². The van der Waals surface area contributed by atoms with E-state index in [4.69, 9.17) is 16.3 Å². The van der Waals surface area contributed by atoms with Crippen molar-refractivity contribution in [1.29, 1.82) is 0 Å². The summed E-state index contributed by atoms with van der Waals surface area (Å²) < 4.78 is 6.32. The normalized spacial score (nSPS) is 11.1. The zero-order valence-corrected chi connectivity index (χ0v) is 14.5. The molecule has 6 heteroatoms. The van der Waals surface area contributed by atoms with E-state index in [1.165, 1.54) is 17.4 Å². The lowest BCUT2D eigenvalue weighted by molar-refractivity contribution is -0.111. The number of nitrogens with zero attached hydrogens (tertiary/aromatic N) is 1. The molecular weight excluding hydrogens is 344 g/mol. The number of halogens is 1. The van der Waals surface area contributed by atoms with E-state index in [0.717, 1.165) is 21.5 Å². The minimum absolute atomic E-state index is 0.228. The number of amides is 1. The fraction of sp³-hybridized carbons (Fsp3) is 0.111. The summed E-state index contributed by atoms with van der Waals surface area (Å²) in [6, 6.07) is 13.0. The molecule has 3 rings (SSSR count). The fourth-order valence-corrected chi connectivity index (χ4v) is 3.26. The number of benzene rings is 2. The molecular formula is C18H15ClN2O2S. The first kappa shape index (κ1) is 16.5. The van der Waals surface area contributed by atoms with Crippen molar-refractivity contribution in [3.8, 4) is 5.75 Å². The number of rotatable bonds is 5. The van der Waals surface area contributed by atoms with Crippen LogP contribution in [0.2, 0.25) is 5.02 Å². The number of fused-ring (bicyclic) bond motifs is 1. The van der Waals surface area contributed by atoms with Crippen molar-refractivity contribution >= 4 is 50.3 Å². The lowest BCUT2D eigenvalue weighted by atomic mass is 10.2. The van der Waals surface area contributed by atoms with Crippen LogP contribution in [-0.4, -0.2) is 17.5 Å². The molecule has 0 unspecified atom stereocenters. The second kappa shape index (κ2) is 7.47. The lowest BCUT2D eigenvalue weighted by Crippen LogP contribution is -2.07. The molecule has 0 aliphatic rings. The van der Waals surface area contributed by atoms with Gasteiger partial charge in [0.15, 0.2) is 5.13 Å². The Hall–Kier alpha value is -2.37. The third kappa shape index (κ3) is 4.13. The molecule has 4 nitrogen and oxygen atoms in total. The van der Waals surface area contributed by atoms with E-state index in [0.29, 0.717) is 16.8 Å². The van der Waals surface area contributed by atoms with E-state index < -0.39 is 0 Å². The molecule has 0 saturated heterocycles. The Bertz CT molecular complexity index is 888. The molecule has 0 bridgehead atoms. The highest BCUT2D eigenvalue weighted by Crippen LogP contribution is 2.28. The first-order valence-corrected chi connectivity index (χ1v) is 8.61. The first-order chi connectivity index (χ1) is 11.6. The second-order valence-electron chi connectivity index (χ2n) is 4.96. The van der Waals surface area contributed by atoms with Gasteiger partial charge in [-0.3, -0.25) is 10.1 Å². The van der Waals surface area contributed by atoms with E-state index >= 15 is 0 Å². The molecule has 122 valence electrons. The molecule has 1 aromatic heterocycles.